The molecule has 0 radical (unpaired) electrons. The molecule has 0 saturated heterocycles. The van der Waals surface area contributed by atoms with Gasteiger partial charge in [0.25, 0.3) is 0 Å². The summed E-state index contributed by atoms with van der Waals surface area (Å²) in [6.45, 7) is 2.71. The molecule has 0 fully saturated rings. The maximum absolute atomic E-state index is 6.17. The van der Waals surface area contributed by atoms with Crippen molar-refractivity contribution in [1.82, 2.24) is 5.48 Å². The van der Waals surface area contributed by atoms with Crippen molar-refractivity contribution in [2.75, 3.05) is 13.7 Å². The molecule has 1 aliphatic heterocycles. The van der Waals surface area contributed by atoms with E-state index in [9.17, 15) is 0 Å². The van der Waals surface area contributed by atoms with Crippen LogP contribution in [0, 0.1) is 6.92 Å². The Morgan fingerprint density at radius 3 is 3.07 bits per heavy atom. The van der Waals surface area contributed by atoms with Crippen LogP contribution in [0.1, 0.15) is 23.6 Å². The number of rotatable bonds is 2. The second-order valence-corrected chi connectivity index (χ2v) is 4.03. The van der Waals surface area contributed by atoms with Crippen LogP contribution in [0.3, 0.4) is 0 Å². The summed E-state index contributed by atoms with van der Waals surface area (Å²) in [5.41, 5.74) is 5.06. The number of fused-ring (bicyclic) bond motifs is 1. The molecule has 0 bridgehead atoms. The van der Waals surface area contributed by atoms with Crippen LogP contribution in [0.2, 0.25) is 5.02 Å². The van der Waals surface area contributed by atoms with Crippen LogP contribution in [0.25, 0.3) is 0 Å². The Bertz CT molecular complexity index is 368. The predicted octanol–water partition coefficient (Wildman–Crippen LogP) is 2.62. The number of nitrogens with one attached hydrogen (secondary N) is 1. The van der Waals surface area contributed by atoms with Gasteiger partial charge >= 0.3 is 0 Å². The van der Waals surface area contributed by atoms with Gasteiger partial charge in [-0.05, 0) is 18.6 Å². The molecule has 82 valence electrons. The fourth-order valence-electron chi connectivity index (χ4n) is 1.88. The van der Waals surface area contributed by atoms with E-state index < -0.39 is 0 Å². The lowest BCUT2D eigenvalue weighted by atomic mass is 9.98. The summed E-state index contributed by atoms with van der Waals surface area (Å²) in [5, 5.41) is 0.727. The van der Waals surface area contributed by atoms with Gasteiger partial charge in [-0.3, -0.25) is 0 Å². The minimum atomic E-state index is 0.117. The standard InChI is InChI=1S/C11H14ClNO2/c1-7-3-4-8(12)10-9(13-14-2)5-6-15-11(7)10/h3-4,9,13H,5-6H2,1-2H3. The molecule has 1 aliphatic rings. The summed E-state index contributed by atoms with van der Waals surface area (Å²) >= 11 is 6.17. The van der Waals surface area contributed by atoms with Gasteiger partial charge in [0, 0.05) is 17.0 Å². The summed E-state index contributed by atoms with van der Waals surface area (Å²) in [6, 6.07) is 3.98. The van der Waals surface area contributed by atoms with Crippen LogP contribution in [0.5, 0.6) is 5.75 Å². The van der Waals surface area contributed by atoms with Crippen molar-refractivity contribution >= 4 is 11.6 Å². The summed E-state index contributed by atoms with van der Waals surface area (Å²) < 4.78 is 5.63. The van der Waals surface area contributed by atoms with Crippen molar-refractivity contribution in [1.29, 1.82) is 0 Å². The molecule has 3 nitrogen and oxygen atoms in total. The molecule has 0 spiro atoms. The number of hydroxylamine groups is 1. The summed E-state index contributed by atoms with van der Waals surface area (Å²) in [6.07, 6.45) is 0.865. The quantitative estimate of drug-likeness (QED) is 0.788. The molecule has 0 aromatic heterocycles. The third-order valence-electron chi connectivity index (χ3n) is 2.60. The average Bonchev–Trinajstić information content (AvgIpc) is 2.24. The van der Waals surface area contributed by atoms with E-state index in [0.29, 0.717) is 6.61 Å². The number of hydrogen-bond acceptors (Lipinski definition) is 3. The Morgan fingerprint density at radius 1 is 1.53 bits per heavy atom. The normalized spacial score (nSPS) is 19.5. The van der Waals surface area contributed by atoms with Crippen LogP contribution in [0.15, 0.2) is 12.1 Å². The number of aryl methyl sites for hydroxylation is 1. The fourth-order valence-corrected chi connectivity index (χ4v) is 2.16. The highest BCUT2D eigenvalue weighted by Crippen LogP contribution is 2.39. The molecular weight excluding hydrogens is 214 g/mol. The zero-order valence-corrected chi connectivity index (χ0v) is 9.60. The number of ether oxygens (including phenoxy) is 1. The van der Waals surface area contributed by atoms with E-state index >= 15 is 0 Å². The molecule has 1 heterocycles. The first-order valence-corrected chi connectivity index (χ1v) is 5.32. The minimum absolute atomic E-state index is 0.117. The van der Waals surface area contributed by atoms with Crippen molar-refractivity contribution in [2.24, 2.45) is 0 Å². The highest BCUT2D eigenvalue weighted by Gasteiger charge is 2.25. The van der Waals surface area contributed by atoms with Crippen molar-refractivity contribution in [2.45, 2.75) is 19.4 Å². The van der Waals surface area contributed by atoms with Crippen molar-refractivity contribution < 1.29 is 9.57 Å². The van der Waals surface area contributed by atoms with Crippen LogP contribution < -0.4 is 10.2 Å². The Labute approximate surface area is 94.3 Å². The topological polar surface area (TPSA) is 30.5 Å². The lowest BCUT2D eigenvalue weighted by Crippen LogP contribution is -2.27. The van der Waals surface area contributed by atoms with Gasteiger partial charge in [-0.2, -0.15) is 5.48 Å². The first-order chi connectivity index (χ1) is 7.24. The Balaban J connectivity index is 2.45. The first kappa shape index (κ1) is 10.7. The smallest absolute Gasteiger partial charge is 0.128 e. The van der Waals surface area contributed by atoms with Gasteiger partial charge in [0.15, 0.2) is 0 Å². The van der Waals surface area contributed by atoms with E-state index in [4.69, 9.17) is 21.2 Å². The number of benzene rings is 1. The van der Waals surface area contributed by atoms with Gasteiger partial charge in [0.1, 0.15) is 5.75 Å². The number of hydrogen-bond donors (Lipinski definition) is 1. The fraction of sp³-hybridized carbons (Fsp3) is 0.455. The molecule has 2 rings (SSSR count). The summed E-state index contributed by atoms with van der Waals surface area (Å²) in [4.78, 5) is 4.97. The van der Waals surface area contributed by atoms with Gasteiger partial charge in [-0.25, -0.2) is 0 Å². The molecular formula is C11H14ClNO2. The molecule has 1 atom stereocenters. The molecule has 1 unspecified atom stereocenters. The van der Waals surface area contributed by atoms with E-state index in [1.807, 2.05) is 19.1 Å². The van der Waals surface area contributed by atoms with Crippen molar-refractivity contribution in [3.63, 3.8) is 0 Å². The largest absolute Gasteiger partial charge is 0.493 e. The molecule has 1 N–H and O–H groups in total. The van der Waals surface area contributed by atoms with E-state index in [1.165, 1.54) is 0 Å². The second-order valence-electron chi connectivity index (χ2n) is 3.62. The van der Waals surface area contributed by atoms with E-state index in [-0.39, 0.29) is 6.04 Å². The highest BCUT2D eigenvalue weighted by atomic mass is 35.5. The second kappa shape index (κ2) is 4.39. The lowest BCUT2D eigenvalue weighted by molar-refractivity contribution is 0.0462. The molecule has 1 aromatic rings. The zero-order chi connectivity index (χ0) is 10.8. The Morgan fingerprint density at radius 2 is 2.33 bits per heavy atom. The summed E-state index contributed by atoms with van der Waals surface area (Å²) in [7, 11) is 1.61. The van der Waals surface area contributed by atoms with E-state index in [0.717, 1.165) is 28.3 Å². The maximum atomic E-state index is 6.17. The van der Waals surface area contributed by atoms with Crippen LogP contribution in [-0.2, 0) is 4.84 Å². The van der Waals surface area contributed by atoms with Crippen LogP contribution in [-0.4, -0.2) is 13.7 Å². The SMILES string of the molecule is CONC1CCOc2c(C)ccc(Cl)c21. The average molecular weight is 228 g/mol. The Kier molecular flexibility index (Phi) is 3.14. The molecule has 15 heavy (non-hydrogen) atoms. The van der Waals surface area contributed by atoms with Crippen molar-refractivity contribution in [3.05, 3.63) is 28.3 Å². The first-order valence-electron chi connectivity index (χ1n) is 4.94. The zero-order valence-electron chi connectivity index (χ0n) is 8.84. The van der Waals surface area contributed by atoms with E-state index in [1.54, 1.807) is 7.11 Å². The lowest BCUT2D eigenvalue weighted by Gasteiger charge is -2.27. The predicted molar refractivity (Wildman–Crippen MR) is 59.2 cm³/mol. The van der Waals surface area contributed by atoms with Gasteiger partial charge < -0.3 is 9.57 Å². The van der Waals surface area contributed by atoms with Crippen LogP contribution in [0.4, 0.5) is 0 Å². The van der Waals surface area contributed by atoms with Crippen molar-refractivity contribution in [3.8, 4) is 5.75 Å². The third-order valence-corrected chi connectivity index (χ3v) is 2.93. The highest BCUT2D eigenvalue weighted by molar-refractivity contribution is 6.31. The van der Waals surface area contributed by atoms with Crippen LogP contribution >= 0.6 is 11.6 Å². The molecule has 4 heteroatoms. The van der Waals surface area contributed by atoms with Gasteiger partial charge in [0.2, 0.25) is 0 Å². The summed E-state index contributed by atoms with van der Waals surface area (Å²) in [5.74, 6) is 0.892. The van der Waals surface area contributed by atoms with Gasteiger partial charge in [0.05, 0.1) is 19.8 Å². The molecule has 1 aromatic carbocycles. The van der Waals surface area contributed by atoms with Gasteiger partial charge in [-0.1, -0.05) is 17.7 Å². The molecule has 0 saturated carbocycles. The van der Waals surface area contributed by atoms with E-state index in [2.05, 4.69) is 5.48 Å². The third kappa shape index (κ3) is 1.95. The maximum Gasteiger partial charge on any atom is 0.128 e. The monoisotopic (exact) mass is 227 g/mol. The Hall–Kier alpha value is -0.770. The number of halogens is 1. The minimum Gasteiger partial charge on any atom is -0.493 e. The molecule has 0 amide bonds. The molecule has 0 aliphatic carbocycles. The van der Waals surface area contributed by atoms with Gasteiger partial charge in [-0.15, -0.1) is 0 Å².